The summed E-state index contributed by atoms with van der Waals surface area (Å²) in [5.41, 5.74) is -2.14. The molecule has 0 saturated heterocycles. The number of rotatable bonds is 3. The van der Waals surface area contributed by atoms with Gasteiger partial charge >= 0.3 is 6.18 Å². The maximum atomic E-state index is 13.6. The van der Waals surface area contributed by atoms with Crippen LogP contribution in [0.15, 0.2) is 29.4 Å². The lowest BCUT2D eigenvalue weighted by Gasteiger charge is -2.13. The molecule has 0 atom stereocenters. The lowest BCUT2D eigenvalue weighted by molar-refractivity contribution is -0.143. The van der Waals surface area contributed by atoms with Gasteiger partial charge in [0.05, 0.1) is 6.21 Å². The van der Waals surface area contributed by atoms with Crippen molar-refractivity contribution in [3.63, 3.8) is 0 Å². The lowest BCUT2D eigenvalue weighted by Crippen LogP contribution is -2.16. The van der Waals surface area contributed by atoms with E-state index in [0.717, 1.165) is 6.21 Å². The minimum absolute atomic E-state index is 0.322. The number of nitrogens with one attached hydrogen (secondary N) is 1. The fourth-order valence-electron chi connectivity index (χ4n) is 1.74. The summed E-state index contributed by atoms with van der Waals surface area (Å²) >= 11 is 5.69. The summed E-state index contributed by atoms with van der Waals surface area (Å²) in [5.74, 6) is -9.63. The van der Waals surface area contributed by atoms with Gasteiger partial charge in [0, 0.05) is 5.02 Å². The van der Waals surface area contributed by atoms with Crippen molar-refractivity contribution in [1.29, 1.82) is 0 Å². The van der Waals surface area contributed by atoms with Gasteiger partial charge in [-0.05, 0) is 17.7 Å². The van der Waals surface area contributed by atoms with Crippen LogP contribution in [0.4, 0.5) is 36.4 Å². The van der Waals surface area contributed by atoms with E-state index >= 15 is 0 Å². The van der Waals surface area contributed by atoms with Crippen LogP contribution in [0.25, 0.3) is 0 Å². The second kappa shape index (κ2) is 6.68. The van der Waals surface area contributed by atoms with Gasteiger partial charge in [0.2, 0.25) is 0 Å². The fraction of sp³-hybridized carbons (Fsp3) is 0.0714. The second-order valence-electron chi connectivity index (χ2n) is 4.43. The third-order valence-corrected chi connectivity index (χ3v) is 3.02. The molecule has 24 heavy (non-hydrogen) atoms. The van der Waals surface area contributed by atoms with Gasteiger partial charge in [-0.1, -0.05) is 23.7 Å². The monoisotopic (exact) mass is 370 g/mol. The molecular formula is C14H6ClF7N2. The summed E-state index contributed by atoms with van der Waals surface area (Å²) in [7, 11) is 0. The third kappa shape index (κ3) is 3.61. The quantitative estimate of drug-likeness (QED) is 0.334. The summed E-state index contributed by atoms with van der Waals surface area (Å²) < 4.78 is 91.3. The van der Waals surface area contributed by atoms with Gasteiger partial charge in [-0.15, -0.1) is 0 Å². The predicted octanol–water partition coefficient (Wildman–Crippen LogP) is 5.36. The van der Waals surface area contributed by atoms with E-state index in [4.69, 9.17) is 11.6 Å². The molecule has 0 aliphatic carbocycles. The van der Waals surface area contributed by atoms with Crippen molar-refractivity contribution in [3.8, 4) is 0 Å². The Balaban J connectivity index is 2.38. The maximum absolute atomic E-state index is 13.6. The summed E-state index contributed by atoms with van der Waals surface area (Å²) in [6.07, 6.45) is -4.60. The van der Waals surface area contributed by atoms with E-state index in [-0.39, 0.29) is 0 Å². The highest BCUT2D eigenvalue weighted by Crippen LogP contribution is 2.38. The molecule has 0 spiro atoms. The molecule has 0 aliphatic rings. The highest BCUT2D eigenvalue weighted by molar-refractivity contribution is 6.30. The Morgan fingerprint density at radius 2 is 1.54 bits per heavy atom. The average molecular weight is 371 g/mol. The van der Waals surface area contributed by atoms with Crippen LogP contribution in [0.1, 0.15) is 11.1 Å². The molecule has 0 aliphatic heterocycles. The van der Waals surface area contributed by atoms with E-state index in [1.54, 1.807) is 5.43 Å². The summed E-state index contributed by atoms with van der Waals surface area (Å²) in [6.45, 7) is 0. The number of hydrogen-bond donors (Lipinski definition) is 1. The van der Waals surface area contributed by atoms with Crippen LogP contribution < -0.4 is 5.43 Å². The van der Waals surface area contributed by atoms with Crippen LogP contribution in [-0.4, -0.2) is 6.21 Å². The van der Waals surface area contributed by atoms with Gasteiger partial charge in [-0.25, -0.2) is 17.6 Å². The highest BCUT2D eigenvalue weighted by atomic mass is 35.5. The number of benzene rings is 2. The smallest absolute Gasteiger partial charge is 0.272 e. The molecule has 2 nitrogen and oxygen atoms in total. The molecule has 0 heterocycles. The molecule has 2 rings (SSSR count). The molecule has 10 heteroatoms. The third-order valence-electron chi connectivity index (χ3n) is 2.79. The summed E-state index contributed by atoms with van der Waals surface area (Å²) in [4.78, 5) is 0. The van der Waals surface area contributed by atoms with Gasteiger partial charge in [-0.2, -0.15) is 18.3 Å². The number of hydrazone groups is 1. The minimum atomic E-state index is -5.60. The van der Waals surface area contributed by atoms with Gasteiger partial charge < -0.3 is 0 Å². The zero-order chi connectivity index (χ0) is 18.1. The molecule has 2 aromatic carbocycles. The highest BCUT2D eigenvalue weighted by Gasteiger charge is 2.42. The molecule has 0 radical (unpaired) electrons. The molecule has 2 aromatic rings. The minimum Gasteiger partial charge on any atom is -0.272 e. The summed E-state index contributed by atoms with van der Waals surface area (Å²) in [6, 6.07) is 5.97. The van der Waals surface area contributed by atoms with Crippen LogP contribution in [0, 0.1) is 23.3 Å². The topological polar surface area (TPSA) is 24.4 Å². The van der Waals surface area contributed by atoms with E-state index in [1.165, 1.54) is 24.3 Å². The Hall–Kier alpha value is -2.29. The van der Waals surface area contributed by atoms with Gasteiger partial charge in [0.1, 0.15) is 11.3 Å². The SMILES string of the molecule is Fc1c(F)c(C(F)(F)F)c(F)c(F)c1N/N=C/c1cccc(Cl)c1. The van der Waals surface area contributed by atoms with Crippen LogP contribution in [0.2, 0.25) is 5.02 Å². The molecule has 0 aromatic heterocycles. The first kappa shape index (κ1) is 18.1. The molecule has 0 fully saturated rings. The van der Waals surface area contributed by atoms with Crippen molar-refractivity contribution >= 4 is 23.5 Å². The number of halogens is 8. The number of hydrogen-bond acceptors (Lipinski definition) is 2. The maximum Gasteiger partial charge on any atom is 0.422 e. The average Bonchev–Trinajstić information content (AvgIpc) is 2.47. The molecule has 0 amide bonds. The number of alkyl halides is 3. The van der Waals surface area contributed by atoms with Crippen molar-refractivity contribution in [2.24, 2.45) is 5.10 Å². The van der Waals surface area contributed by atoms with Crippen LogP contribution in [-0.2, 0) is 6.18 Å². The van der Waals surface area contributed by atoms with Crippen molar-refractivity contribution in [1.82, 2.24) is 0 Å². The molecule has 128 valence electrons. The fourth-order valence-corrected chi connectivity index (χ4v) is 1.94. The second-order valence-corrected chi connectivity index (χ2v) is 4.87. The first-order valence-corrected chi connectivity index (χ1v) is 6.48. The van der Waals surface area contributed by atoms with Crippen molar-refractivity contribution in [2.75, 3.05) is 5.43 Å². The van der Waals surface area contributed by atoms with Gasteiger partial charge in [0.25, 0.3) is 0 Å². The first-order chi connectivity index (χ1) is 11.1. The Bertz CT molecular complexity index is 773. The standard InChI is InChI=1S/C14H6ClF7N2/c15-7-3-1-2-6(4-7)5-23-24-13-11(18)9(16)8(14(20,21)22)10(17)12(13)19/h1-5,24H/b23-5+. The van der Waals surface area contributed by atoms with Crippen molar-refractivity contribution < 1.29 is 30.7 Å². The van der Waals surface area contributed by atoms with Gasteiger partial charge in [-0.3, -0.25) is 5.43 Å². The van der Waals surface area contributed by atoms with E-state index in [1.807, 2.05) is 0 Å². The summed E-state index contributed by atoms with van der Waals surface area (Å²) in [5, 5.41) is 3.64. The van der Waals surface area contributed by atoms with Gasteiger partial charge in [0.15, 0.2) is 23.3 Å². The van der Waals surface area contributed by atoms with E-state index in [9.17, 15) is 30.7 Å². The van der Waals surface area contributed by atoms with Crippen molar-refractivity contribution in [2.45, 2.75) is 6.18 Å². The lowest BCUT2D eigenvalue weighted by atomic mass is 10.1. The number of anilines is 1. The molecule has 1 N–H and O–H groups in total. The molecule has 0 bridgehead atoms. The Morgan fingerprint density at radius 3 is 2.04 bits per heavy atom. The van der Waals surface area contributed by atoms with Crippen LogP contribution in [0.5, 0.6) is 0 Å². The normalized spacial score (nSPS) is 12.0. The first-order valence-electron chi connectivity index (χ1n) is 6.10. The molecular weight excluding hydrogens is 365 g/mol. The van der Waals surface area contributed by atoms with Crippen molar-refractivity contribution in [3.05, 3.63) is 63.7 Å². The Labute approximate surface area is 135 Å². The van der Waals surface area contributed by atoms with E-state index in [2.05, 4.69) is 5.10 Å². The van der Waals surface area contributed by atoms with Crippen LogP contribution >= 0.6 is 11.6 Å². The zero-order valence-corrected chi connectivity index (χ0v) is 12.1. The predicted molar refractivity (Wildman–Crippen MR) is 73.9 cm³/mol. The molecule has 0 unspecified atom stereocenters. The van der Waals surface area contributed by atoms with E-state index < -0.39 is 40.7 Å². The Kier molecular flexibility index (Phi) is 5.02. The largest absolute Gasteiger partial charge is 0.422 e. The number of nitrogens with zero attached hydrogens (tertiary/aromatic N) is 1. The molecule has 0 saturated carbocycles. The van der Waals surface area contributed by atoms with Crippen LogP contribution in [0.3, 0.4) is 0 Å². The zero-order valence-electron chi connectivity index (χ0n) is 11.4. The Morgan fingerprint density at radius 1 is 0.958 bits per heavy atom. The van der Waals surface area contributed by atoms with E-state index in [0.29, 0.717) is 10.6 Å².